The average molecular weight is 497 g/mol. The zero-order chi connectivity index (χ0) is 24.5. The number of halogens is 3. The van der Waals surface area contributed by atoms with Gasteiger partial charge in [0.15, 0.2) is 4.90 Å². The van der Waals surface area contributed by atoms with Crippen molar-refractivity contribution in [1.82, 2.24) is 19.3 Å². The van der Waals surface area contributed by atoms with Gasteiger partial charge in [0.25, 0.3) is 5.69 Å². The van der Waals surface area contributed by atoms with Crippen LogP contribution in [0, 0.1) is 10.1 Å². The number of hydrogen-bond donors (Lipinski definition) is 0. The first-order valence-electron chi connectivity index (χ1n) is 10.0. The van der Waals surface area contributed by atoms with Crippen molar-refractivity contribution in [3.63, 3.8) is 0 Å². The molecule has 4 rings (SSSR count). The van der Waals surface area contributed by atoms with Gasteiger partial charge >= 0.3 is 6.18 Å². The molecule has 1 aliphatic heterocycles. The second kappa shape index (κ2) is 9.12. The average Bonchev–Trinajstić information content (AvgIpc) is 3.27. The van der Waals surface area contributed by atoms with Gasteiger partial charge in [-0.25, -0.2) is 8.42 Å². The van der Waals surface area contributed by atoms with Crippen molar-refractivity contribution in [2.24, 2.45) is 0 Å². The van der Waals surface area contributed by atoms with Crippen LogP contribution < -0.4 is 0 Å². The molecule has 2 aromatic carbocycles. The number of sulfonamides is 1. The maximum atomic E-state index is 12.9. The van der Waals surface area contributed by atoms with E-state index in [1.807, 2.05) is 4.90 Å². The second-order valence-electron chi connectivity index (χ2n) is 7.50. The number of nitro groups is 1. The van der Waals surface area contributed by atoms with Crippen LogP contribution in [0.4, 0.5) is 18.9 Å². The van der Waals surface area contributed by atoms with Crippen molar-refractivity contribution in [2.75, 3.05) is 26.2 Å². The number of nitrogens with zero attached hydrogens (tertiary/aromatic N) is 5. The van der Waals surface area contributed by atoms with Crippen LogP contribution in [0.25, 0.3) is 11.4 Å². The zero-order valence-electron chi connectivity index (χ0n) is 17.5. The van der Waals surface area contributed by atoms with Crippen molar-refractivity contribution in [3.05, 3.63) is 70.1 Å². The highest BCUT2D eigenvalue weighted by Gasteiger charge is 2.34. The third kappa shape index (κ3) is 4.93. The number of aromatic nitrogens is 2. The fourth-order valence-corrected chi connectivity index (χ4v) is 5.14. The Morgan fingerprint density at radius 1 is 1.06 bits per heavy atom. The number of para-hydroxylation sites is 1. The second-order valence-corrected chi connectivity index (χ2v) is 9.40. The van der Waals surface area contributed by atoms with Gasteiger partial charge < -0.3 is 4.52 Å². The summed E-state index contributed by atoms with van der Waals surface area (Å²) in [7, 11) is -4.06. The molecule has 0 unspecified atom stereocenters. The monoisotopic (exact) mass is 497 g/mol. The van der Waals surface area contributed by atoms with E-state index >= 15 is 0 Å². The first kappa shape index (κ1) is 23.8. The summed E-state index contributed by atoms with van der Waals surface area (Å²) in [5, 5.41) is 15.0. The molecule has 1 aromatic heterocycles. The van der Waals surface area contributed by atoms with Crippen LogP contribution in [0.1, 0.15) is 11.5 Å². The van der Waals surface area contributed by atoms with Gasteiger partial charge in [0.1, 0.15) is 0 Å². The highest BCUT2D eigenvalue weighted by molar-refractivity contribution is 7.89. The molecule has 3 aromatic rings. The molecular formula is C20H18F3N5O5S. The quantitative estimate of drug-likeness (QED) is 0.376. The summed E-state index contributed by atoms with van der Waals surface area (Å²) in [4.78, 5) is 16.1. The third-order valence-electron chi connectivity index (χ3n) is 5.29. The largest absolute Gasteiger partial charge is 0.416 e. The topological polar surface area (TPSA) is 123 Å². The summed E-state index contributed by atoms with van der Waals surface area (Å²) in [5.74, 6) is 0.182. The standard InChI is InChI=1S/C20H18F3N5O5S/c21-20(22,23)15-5-3-4-14(12-15)19-24-18(33-25-19)13-26-8-10-27(11-9-26)34(31,32)17-7-2-1-6-16(17)28(29)30/h1-7,12H,8-11,13H2. The number of rotatable bonds is 6. The van der Waals surface area contributed by atoms with Gasteiger partial charge in [-0.3, -0.25) is 15.0 Å². The van der Waals surface area contributed by atoms with Crippen molar-refractivity contribution in [1.29, 1.82) is 0 Å². The highest BCUT2D eigenvalue weighted by atomic mass is 32.2. The molecule has 2 heterocycles. The predicted octanol–water partition coefficient (Wildman–Crippen LogP) is 3.17. The van der Waals surface area contributed by atoms with E-state index in [-0.39, 0.29) is 41.8 Å². The minimum atomic E-state index is -4.50. The molecule has 0 aliphatic carbocycles. The first-order chi connectivity index (χ1) is 16.1. The molecule has 0 radical (unpaired) electrons. The lowest BCUT2D eigenvalue weighted by molar-refractivity contribution is -0.387. The van der Waals surface area contributed by atoms with Crippen LogP contribution in [-0.4, -0.2) is 58.9 Å². The summed E-state index contributed by atoms with van der Waals surface area (Å²) >= 11 is 0. The molecule has 0 N–H and O–H groups in total. The van der Waals surface area contributed by atoms with Gasteiger partial charge in [-0.05, 0) is 18.2 Å². The lowest BCUT2D eigenvalue weighted by atomic mass is 10.1. The number of piperazine rings is 1. The van der Waals surface area contributed by atoms with E-state index in [0.29, 0.717) is 13.1 Å². The van der Waals surface area contributed by atoms with Crippen molar-refractivity contribution < 1.29 is 31.0 Å². The lowest BCUT2D eigenvalue weighted by Gasteiger charge is -2.32. The summed E-state index contributed by atoms with van der Waals surface area (Å²) < 4.78 is 71.0. The van der Waals surface area contributed by atoms with E-state index in [0.717, 1.165) is 18.2 Å². The molecular weight excluding hydrogens is 479 g/mol. The van der Waals surface area contributed by atoms with Gasteiger partial charge in [0.2, 0.25) is 21.7 Å². The molecule has 1 aliphatic rings. The van der Waals surface area contributed by atoms with E-state index < -0.39 is 32.4 Å². The molecule has 34 heavy (non-hydrogen) atoms. The predicted molar refractivity (Wildman–Crippen MR) is 112 cm³/mol. The van der Waals surface area contributed by atoms with Gasteiger partial charge in [-0.15, -0.1) is 0 Å². The Balaban J connectivity index is 1.41. The molecule has 0 atom stereocenters. The van der Waals surface area contributed by atoms with E-state index in [4.69, 9.17) is 4.52 Å². The summed E-state index contributed by atoms with van der Waals surface area (Å²) in [5.41, 5.74) is -1.16. The Morgan fingerprint density at radius 3 is 2.44 bits per heavy atom. The number of nitro benzene ring substituents is 1. The number of hydrogen-bond acceptors (Lipinski definition) is 8. The zero-order valence-corrected chi connectivity index (χ0v) is 18.3. The maximum Gasteiger partial charge on any atom is 0.416 e. The van der Waals surface area contributed by atoms with Crippen LogP contribution in [0.2, 0.25) is 0 Å². The maximum absolute atomic E-state index is 12.9. The molecule has 1 saturated heterocycles. The van der Waals surface area contributed by atoms with E-state index in [1.54, 1.807) is 0 Å². The fourth-order valence-electron chi connectivity index (χ4n) is 3.56. The normalized spacial score (nSPS) is 16.0. The number of benzene rings is 2. The summed E-state index contributed by atoms with van der Waals surface area (Å²) in [6.45, 7) is 0.930. The SMILES string of the molecule is O=[N+]([O-])c1ccccc1S(=O)(=O)N1CCN(Cc2nc(-c3cccc(C(F)(F)F)c3)no2)CC1. The Kier molecular flexibility index (Phi) is 6.38. The van der Waals surface area contributed by atoms with Gasteiger partial charge in [-0.2, -0.15) is 22.5 Å². The van der Waals surface area contributed by atoms with E-state index in [1.165, 1.54) is 34.6 Å². The highest BCUT2D eigenvalue weighted by Crippen LogP contribution is 2.31. The molecule has 1 fully saturated rings. The molecule has 0 spiro atoms. The molecule has 0 saturated carbocycles. The molecule has 180 valence electrons. The lowest BCUT2D eigenvalue weighted by Crippen LogP contribution is -2.48. The van der Waals surface area contributed by atoms with Gasteiger partial charge in [0, 0.05) is 37.8 Å². The van der Waals surface area contributed by atoms with Crippen molar-refractivity contribution in [3.8, 4) is 11.4 Å². The first-order valence-corrected chi connectivity index (χ1v) is 11.5. The van der Waals surface area contributed by atoms with Crippen molar-refractivity contribution in [2.45, 2.75) is 17.6 Å². The Morgan fingerprint density at radius 2 is 1.76 bits per heavy atom. The molecule has 14 heteroatoms. The van der Waals surface area contributed by atoms with E-state index in [2.05, 4.69) is 10.1 Å². The van der Waals surface area contributed by atoms with Gasteiger partial charge in [-0.1, -0.05) is 29.4 Å². The number of alkyl halides is 3. The smallest absolute Gasteiger partial charge is 0.338 e. The minimum Gasteiger partial charge on any atom is -0.338 e. The van der Waals surface area contributed by atoms with Crippen LogP contribution in [0.15, 0.2) is 57.9 Å². The third-order valence-corrected chi connectivity index (χ3v) is 7.23. The molecule has 0 bridgehead atoms. The van der Waals surface area contributed by atoms with E-state index in [9.17, 15) is 31.7 Å². The van der Waals surface area contributed by atoms with Crippen molar-refractivity contribution >= 4 is 15.7 Å². The van der Waals surface area contributed by atoms with Crippen LogP contribution in [0.3, 0.4) is 0 Å². The summed E-state index contributed by atoms with van der Waals surface area (Å²) in [6.07, 6.45) is -4.50. The fraction of sp³-hybridized carbons (Fsp3) is 0.300. The Hall–Kier alpha value is -3.36. The Bertz CT molecular complexity index is 1300. The van der Waals surface area contributed by atoms with Crippen LogP contribution in [-0.2, 0) is 22.7 Å². The summed E-state index contributed by atoms with van der Waals surface area (Å²) in [6, 6.07) is 9.74. The van der Waals surface area contributed by atoms with Crippen LogP contribution >= 0.6 is 0 Å². The molecule has 0 amide bonds. The van der Waals surface area contributed by atoms with Crippen LogP contribution in [0.5, 0.6) is 0 Å². The molecule has 10 nitrogen and oxygen atoms in total. The minimum absolute atomic E-state index is 0.0127. The Labute approximate surface area is 191 Å². The van der Waals surface area contributed by atoms with Gasteiger partial charge in [0.05, 0.1) is 17.0 Å².